The van der Waals surface area contributed by atoms with Gasteiger partial charge in [-0.05, 0) is 47.5 Å². The van der Waals surface area contributed by atoms with Crippen molar-refractivity contribution >= 4 is 16.8 Å². The molecule has 0 saturated heterocycles. The van der Waals surface area contributed by atoms with Crippen molar-refractivity contribution in [1.29, 1.82) is 0 Å². The minimum Gasteiger partial charge on any atom is -0.497 e. The van der Waals surface area contributed by atoms with Gasteiger partial charge in [0, 0.05) is 54.3 Å². The summed E-state index contributed by atoms with van der Waals surface area (Å²) >= 11 is 0. The Morgan fingerprint density at radius 3 is 2.74 bits per heavy atom. The Labute approximate surface area is 180 Å². The molecule has 1 amide bonds. The van der Waals surface area contributed by atoms with Crippen LogP contribution < -0.4 is 10.1 Å². The molecule has 4 rings (SSSR count). The summed E-state index contributed by atoms with van der Waals surface area (Å²) in [7, 11) is 1.61. The second-order valence-electron chi connectivity index (χ2n) is 7.35. The van der Waals surface area contributed by atoms with Crippen LogP contribution >= 0.6 is 0 Å². The van der Waals surface area contributed by atoms with Crippen LogP contribution in [-0.4, -0.2) is 29.5 Å². The number of hydrogen-bond acceptors (Lipinski definition) is 3. The van der Waals surface area contributed by atoms with E-state index >= 15 is 0 Å². The van der Waals surface area contributed by atoms with Crippen LogP contribution in [0.5, 0.6) is 5.75 Å². The molecule has 5 nitrogen and oxygen atoms in total. The predicted molar refractivity (Wildman–Crippen MR) is 119 cm³/mol. The van der Waals surface area contributed by atoms with Gasteiger partial charge < -0.3 is 15.0 Å². The monoisotopic (exact) mass is 417 g/mol. The summed E-state index contributed by atoms with van der Waals surface area (Å²) in [6, 6.07) is 18.0. The molecule has 2 aromatic heterocycles. The van der Waals surface area contributed by atoms with Gasteiger partial charge in [0.25, 0.3) is 0 Å². The molecule has 31 heavy (non-hydrogen) atoms. The third-order valence-corrected chi connectivity index (χ3v) is 5.40. The molecule has 0 spiro atoms. The molecular weight excluding hydrogens is 393 g/mol. The van der Waals surface area contributed by atoms with Gasteiger partial charge in [-0.1, -0.05) is 24.3 Å². The van der Waals surface area contributed by atoms with E-state index < -0.39 is 5.92 Å². The number of rotatable bonds is 8. The normalized spacial score (nSPS) is 11.9. The van der Waals surface area contributed by atoms with E-state index in [-0.39, 0.29) is 18.1 Å². The number of ether oxygens (including phenoxy) is 1. The van der Waals surface area contributed by atoms with Gasteiger partial charge in [0.2, 0.25) is 5.91 Å². The minimum atomic E-state index is -0.433. The number of methoxy groups -OCH3 is 1. The summed E-state index contributed by atoms with van der Waals surface area (Å²) in [6.07, 6.45) is 4.35. The molecule has 0 aliphatic heterocycles. The number of pyridine rings is 1. The van der Waals surface area contributed by atoms with Crippen LogP contribution in [0.15, 0.2) is 73.1 Å². The third kappa shape index (κ3) is 4.74. The lowest BCUT2D eigenvalue weighted by Crippen LogP contribution is -2.27. The number of aromatic nitrogens is 2. The number of nitrogens with zero attached hydrogens (tertiary/aromatic N) is 1. The average molecular weight is 417 g/mol. The molecular formula is C25H24FN3O2. The SMILES string of the molecule is COc1ccc2[nH]cc([C@@H](CC(=O)NCCc3ccccn3)c3ccccc3F)c2c1. The fourth-order valence-corrected chi connectivity index (χ4v) is 3.82. The summed E-state index contributed by atoms with van der Waals surface area (Å²) in [5, 5.41) is 3.86. The largest absolute Gasteiger partial charge is 0.497 e. The number of carbonyl (C=O) groups is 1. The van der Waals surface area contributed by atoms with Gasteiger partial charge >= 0.3 is 0 Å². The molecule has 0 aliphatic rings. The Hall–Kier alpha value is -3.67. The molecule has 0 fully saturated rings. The van der Waals surface area contributed by atoms with Crippen LogP contribution in [0.1, 0.15) is 29.2 Å². The lowest BCUT2D eigenvalue weighted by Gasteiger charge is -2.18. The van der Waals surface area contributed by atoms with Crippen LogP contribution in [0.2, 0.25) is 0 Å². The van der Waals surface area contributed by atoms with Crippen molar-refractivity contribution in [2.24, 2.45) is 0 Å². The van der Waals surface area contributed by atoms with Gasteiger partial charge in [-0.2, -0.15) is 0 Å². The molecule has 6 heteroatoms. The Morgan fingerprint density at radius 1 is 1.13 bits per heavy atom. The van der Waals surface area contributed by atoms with Crippen molar-refractivity contribution in [1.82, 2.24) is 15.3 Å². The molecule has 2 aromatic carbocycles. The number of aromatic amines is 1. The third-order valence-electron chi connectivity index (χ3n) is 5.40. The summed E-state index contributed by atoms with van der Waals surface area (Å²) < 4.78 is 20.1. The van der Waals surface area contributed by atoms with Crippen molar-refractivity contribution in [2.75, 3.05) is 13.7 Å². The maximum Gasteiger partial charge on any atom is 0.220 e. The number of fused-ring (bicyclic) bond motifs is 1. The van der Waals surface area contributed by atoms with Crippen LogP contribution in [0.3, 0.4) is 0 Å². The Balaban J connectivity index is 1.58. The van der Waals surface area contributed by atoms with Gasteiger partial charge in [-0.3, -0.25) is 9.78 Å². The van der Waals surface area contributed by atoms with Crippen molar-refractivity contribution in [2.45, 2.75) is 18.8 Å². The first-order valence-electron chi connectivity index (χ1n) is 10.2. The molecule has 0 unspecified atom stereocenters. The zero-order valence-corrected chi connectivity index (χ0v) is 17.3. The zero-order valence-electron chi connectivity index (χ0n) is 17.3. The molecule has 2 heterocycles. The van der Waals surface area contributed by atoms with E-state index in [2.05, 4.69) is 15.3 Å². The second kappa shape index (κ2) is 9.43. The summed E-state index contributed by atoms with van der Waals surface area (Å²) in [4.78, 5) is 20.3. The number of carbonyl (C=O) groups excluding carboxylic acids is 1. The first kappa shape index (κ1) is 20.6. The Bertz CT molecular complexity index is 1170. The second-order valence-corrected chi connectivity index (χ2v) is 7.35. The van der Waals surface area contributed by atoms with E-state index in [9.17, 15) is 9.18 Å². The highest BCUT2D eigenvalue weighted by Crippen LogP contribution is 2.36. The predicted octanol–water partition coefficient (Wildman–Crippen LogP) is 4.59. The lowest BCUT2D eigenvalue weighted by atomic mass is 9.87. The highest BCUT2D eigenvalue weighted by Gasteiger charge is 2.24. The van der Waals surface area contributed by atoms with Crippen molar-refractivity contribution in [3.8, 4) is 5.75 Å². The first-order chi connectivity index (χ1) is 15.2. The van der Waals surface area contributed by atoms with Crippen molar-refractivity contribution < 1.29 is 13.9 Å². The van der Waals surface area contributed by atoms with E-state index in [4.69, 9.17) is 4.74 Å². The quantitative estimate of drug-likeness (QED) is 0.441. The average Bonchev–Trinajstić information content (AvgIpc) is 3.21. The minimum absolute atomic E-state index is 0.132. The first-order valence-corrected chi connectivity index (χ1v) is 10.2. The number of halogens is 1. The van der Waals surface area contributed by atoms with Crippen LogP contribution in [0.25, 0.3) is 10.9 Å². The molecule has 0 saturated carbocycles. The fourth-order valence-electron chi connectivity index (χ4n) is 3.82. The molecule has 2 N–H and O–H groups in total. The summed E-state index contributed by atoms with van der Waals surface area (Å²) in [5.41, 5.74) is 3.18. The lowest BCUT2D eigenvalue weighted by molar-refractivity contribution is -0.121. The van der Waals surface area contributed by atoms with E-state index in [0.29, 0.717) is 24.3 Å². The molecule has 1 atom stereocenters. The molecule has 0 bridgehead atoms. The van der Waals surface area contributed by atoms with Gasteiger partial charge in [0.1, 0.15) is 11.6 Å². The number of amides is 1. The molecule has 158 valence electrons. The van der Waals surface area contributed by atoms with Crippen LogP contribution in [-0.2, 0) is 11.2 Å². The smallest absolute Gasteiger partial charge is 0.220 e. The topological polar surface area (TPSA) is 67.0 Å². The van der Waals surface area contributed by atoms with E-state index in [1.54, 1.807) is 31.5 Å². The van der Waals surface area contributed by atoms with Gasteiger partial charge in [-0.25, -0.2) is 4.39 Å². The Morgan fingerprint density at radius 2 is 1.97 bits per heavy atom. The molecule has 0 radical (unpaired) electrons. The molecule has 4 aromatic rings. The zero-order chi connectivity index (χ0) is 21.6. The summed E-state index contributed by atoms with van der Waals surface area (Å²) in [6.45, 7) is 0.474. The summed E-state index contributed by atoms with van der Waals surface area (Å²) in [5.74, 6) is -0.190. The Kier molecular flexibility index (Phi) is 6.26. The fraction of sp³-hybridized carbons (Fsp3) is 0.200. The van der Waals surface area contributed by atoms with Crippen LogP contribution in [0.4, 0.5) is 4.39 Å². The van der Waals surface area contributed by atoms with Gasteiger partial charge in [-0.15, -0.1) is 0 Å². The van der Waals surface area contributed by atoms with Crippen LogP contribution in [0, 0.1) is 5.82 Å². The standard InChI is InChI=1S/C25H24FN3O2/c1-31-18-9-10-24-21(14-18)22(16-29-24)20(19-7-2-3-8-23(19)26)15-25(30)28-13-11-17-6-4-5-12-27-17/h2-10,12,14,16,20,29H,11,13,15H2,1H3,(H,28,30)/t20-/m0/s1. The number of benzene rings is 2. The van der Waals surface area contributed by atoms with Gasteiger partial charge in [0.05, 0.1) is 7.11 Å². The highest BCUT2D eigenvalue weighted by atomic mass is 19.1. The van der Waals surface area contributed by atoms with E-state index in [1.165, 1.54) is 6.07 Å². The maximum absolute atomic E-state index is 14.7. The van der Waals surface area contributed by atoms with E-state index in [1.807, 2.05) is 42.6 Å². The maximum atomic E-state index is 14.7. The van der Waals surface area contributed by atoms with E-state index in [0.717, 1.165) is 22.2 Å². The van der Waals surface area contributed by atoms with Gasteiger partial charge in [0.15, 0.2) is 0 Å². The number of nitrogens with one attached hydrogen (secondary N) is 2. The van der Waals surface area contributed by atoms with Crippen molar-refractivity contribution in [3.63, 3.8) is 0 Å². The van der Waals surface area contributed by atoms with Crippen molar-refractivity contribution in [3.05, 3.63) is 95.7 Å². The number of hydrogen-bond donors (Lipinski definition) is 2. The molecule has 0 aliphatic carbocycles. The highest BCUT2D eigenvalue weighted by molar-refractivity contribution is 5.87. The number of H-pyrrole nitrogens is 1.